The van der Waals surface area contributed by atoms with E-state index in [2.05, 4.69) is 29.3 Å². The van der Waals surface area contributed by atoms with Crippen LogP contribution in [-0.4, -0.2) is 57.5 Å². The molecule has 0 unspecified atom stereocenters. The topological polar surface area (TPSA) is 98.6 Å². The molecule has 2 aromatic heterocycles. The van der Waals surface area contributed by atoms with Gasteiger partial charge in [-0.05, 0) is 76.9 Å². The van der Waals surface area contributed by atoms with Crippen LogP contribution < -0.4 is 5.32 Å². The van der Waals surface area contributed by atoms with Crippen LogP contribution in [0.2, 0.25) is 5.02 Å². The number of Topliss-reactive ketones (excluding diaryl/α,β-unsaturated/α-hetero) is 1. The fraction of sp³-hybridized carbons (Fsp3) is 0.423. The van der Waals surface area contributed by atoms with Crippen LogP contribution in [0.15, 0.2) is 30.5 Å². The van der Waals surface area contributed by atoms with Gasteiger partial charge >= 0.3 is 0 Å². The molecule has 8 heteroatoms. The zero-order valence-electron chi connectivity index (χ0n) is 19.8. The summed E-state index contributed by atoms with van der Waals surface area (Å²) in [6, 6.07) is 7.22. The summed E-state index contributed by atoms with van der Waals surface area (Å²) in [6.45, 7) is 2.30. The molecule has 0 amide bonds. The molecule has 1 saturated carbocycles. The molecule has 2 heterocycles. The van der Waals surface area contributed by atoms with E-state index >= 15 is 0 Å². The third-order valence-corrected chi connectivity index (χ3v) is 6.81. The summed E-state index contributed by atoms with van der Waals surface area (Å²) in [6.07, 6.45) is 5.97. The van der Waals surface area contributed by atoms with E-state index in [0.717, 1.165) is 32.2 Å². The molecule has 3 aromatic rings. The van der Waals surface area contributed by atoms with Crippen LogP contribution in [-0.2, 0) is 6.61 Å². The summed E-state index contributed by atoms with van der Waals surface area (Å²) < 4.78 is 0. The van der Waals surface area contributed by atoms with Gasteiger partial charge in [0, 0.05) is 29.9 Å². The van der Waals surface area contributed by atoms with E-state index in [-0.39, 0.29) is 29.2 Å². The van der Waals surface area contributed by atoms with Crippen molar-refractivity contribution in [3.8, 4) is 17.0 Å². The first-order valence-corrected chi connectivity index (χ1v) is 12.0. The Balaban J connectivity index is 1.71. The molecular weight excluding hydrogens is 452 g/mol. The second-order valence-corrected chi connectivity index (χ2v) is 9.82. The first kappa shape index (κ1) is 24.4. The van der Waals surface area contributed by atoms with Crippen molar-refractivity contribution in [2.75, 3.05) is 26.0 Å². The van der Waals surface area contributed by atoms with Crippen LogP contribution in [0.25, 0.3) is 22.3 Å². The van der Waals surface area contributed by atoms with Crippen molar-refractivity contribution in [1.29, 1.82) is 0 Å². The monoisotopic (exact) mass is 482 g/mol. The van der Waals surface area contributed by atoms with Crippen LogP contribution in [0, 0.1) is 5.92 Å². The average Bonchev–Trinajstić information content (AvgIpc) is 2.81. The molecule has 1 aliphatic carbocycles. The van der Waals surface area contributed by atoms with Crippen LogP contribution >= 0.6 is 11.6 Å². The van der Waals surface area contributed by atoms with Gasteiger partial charge < -0.3 is 20.4 Å². The Morgan fingerprint density at radius 2 is 1.94 bits per heavy atom. The summed E-state index contributed by atoms with van der Waals surface area (Å²) in [7, 11) is 4.22. The maximum atomic E-state index is 12.5. The minimum Gasteiger partial charge on any atom is -0.506 e. The lowest BCUT2D eigenvalue weighted by Gasteiger charge is -2.31. The van der Waals surface area contributed by atoms with Crippen molar-refractivity contribution in [2.45, 2.75) is 45.3 Å². The largest absolute Gasteiger partial charge is 0.506 e. The highest BCUT2D eigenvalue weighted by Gasteiger charge is 2.24. The minimum absolute atomic E-state index is 0.0689. The Hall–Kier alpha value is -2.74. The molecule has 0 atom stereocenters. The van der Waals surface area contributed by atoms with E-state index in [1.807, 2.05) is 12.1 Å². The van der Waals surface area contributed by atoms with E-state index in [1.165, 1.54) is 0 Å². The number of anilines is 1. The normalized spacial score (nSPS) is 18.4. The lowest BCUT2D eigenvalue weighted by atomic mass is 9.85. The molecule has 34 heavy (non-hydrogen) atoms. The Bertz CT molecular complexity index is 1210. The number of carbonyl (C=O) groups excluding carboxylic acids is 1. The number of carbonyl (C=O) groups is 1. The predicted octanol–water partition coefficient (Wildman–Crippen LogP) is 4.88. The Morgan fingerprint density at radius 1 is 1.21 bits per heavy atom. The highest BCUT2D eigenvalue weighted by atomic mass is 35.5. The van der Waals surface area contributed by atoms with Gasteiger partial charge in [0.05, 0.1) is 34.1 Å². The Morgan fingerprint density at radius 3 is 2.59 bits per heavy atom. The molecule has 1 aliphatic rings. The number of nitrogens with zero attached hydrogens (tertiary/aromatic N) is 3. The third-order valence-electron chi connectivity index (χ3n) is 6.52. The smallest absolute Gasteiger partial charge is 0.163 e. The number of halogens is 1. The third kappa shape index (κ3) is 5.17. The van der Waals surface area contributed by atoms with E-state index in [4.69, 9.17) is 16.6 Å². The first-order valence-electron chi connectivity index (χ1n) is 11.6. The second kappa shape index (κ2) is 10.3. The molecule has 180 valence electrons. The van der Waals surface area contributed by atoms with Gasteiger partial charge in [0.2, 0.25) is 0 Å². The summed E-state index contributed by atoms with van der Waals surface area (Å²) in [5.41, 5.74) is 4.14. The number of hydrogen-bond donors (Lipinski definition) is 3. The molecule has 0 saturated heterocycles. The molecule has 4 rings (SSSR count). The molecule has 0 radical (unpaired) electrons. The number of phenols is 1. The highest BCUT2D eigenvalue weighted by Crippen LogP contribution is 2.35. The second-order valence-electron chi connectivity index (χ2n) is 9.42. The average molecular weight is 483 g/mol. The number of fused-ring (bicyclic) bond motifs is 1. The zero-order chi connectivity index (χ0) is 24.4. The first-order chi connectivity index (χ1) is 16.3. The van der Waals surface area contributed by atoms with Crippen molar-refractivity contribution in [1.82, 2.24) is 14.9 Å². The van der Waals surface area contributed by atoms with Gasteiger partial charge in [0.15, 0.2) is 5.78 Å². The van der Waals surface area contributed by atoms with E-state index in [9.17, 15) is 15.0 Å². The zero-order valence-corrected chi connectivity index (χ0v) is 20.6. The SMILES string of the molecule is CC(=O)c1cnc2ccc(-c3cc(Cl)c(O)c(CO)c3)nc2c1N[C@H]1CC[C@H](CN(C)C)CC1. The van der Waals surface area contributed by atoms with Crippen LogP contribution in [0.5, 0.6) is 5.75 Å². The molecule has 0 bridgehead atoms. The molecule has 1 aromatic carbocycles. The van der Waals surface area contributed by atoms with Gasteiger partial charge in [-0.15, -0.1) is 0 Å². The number of aliphatic hydroxyl groups excluding tert-OH is 1. The van der Waals surface area contributed by atoms with Crippen LogP contribution in [0.1, 0.15) is 48.5 Å². The summed E-state index contributed by atoms with van der Waals surface area (Å²) in [5.74, 6) is 0.487. The van der Waals surface area contributed by atoms with Gasteiger partial charge in [-0.25, -0.2) is 4.98 Å². The van der Waals surface area contributed by atoms with E-state index in [0.29, 0.717) is 45.0 Å². The van der Waals surface area contributed by atoms with Crippen LogP contribution in [0.3, 0.4) is 0 Å². The molecule has 3 N–H and O–H groups in total. The quantitative estimate of drug-likeness (QED) is 0.412. The molecule has 7 nitrogen and oxygen atoms in total. The highest BCUT2D eigenvalue weighted by molar-refractivity contribution is 6.32. The Kier molecular flexibility index (Phi) is 7.36. The van der Waals surface area contributed by atoms with Crippen molar-refractivity contribution >= 4 is 34.1 Å². The molecule has 0 aliphatic heterocycles. The lowest BCUT2D eigenvalue weighted by Crippen LogP contribution is -2.31. The number of ketones is 1. The fourth-order valence-corrected chi connectivity index (χ4v) is 5.01. The Labute approximate surface area is 204 Å². The van der Waals surface area contributed by atoms with E-state index < -0.39 is 0 Å². The fourth-order valence-electron chi connectivity index (χ4n) is 4.77. The maximum Gasteiger partial charge on any atom is 0.163 e. The summed E-state index contributed by atoms with van der Waals surface area (Å²) in [5, 5.41) is 23.4. The molecule has 0 spiro atoms. The van der Waals surface area contributed by atoms with Crippen molar-refractivity contribution in [3.63, 3.8) is 0 Å². The number of pyridine rings is 2. The number of nitrogens with one attached hydrogen (secondary N) is 1. The van der Waals surface area contributed by atoms with Gasteiger partial charge in [-0.2, -0.15) is 0 Å². The standard InChI is InChI=1S/C26H31ClN4O3/c1-15(33)20-12-28-23-9-8-22(17-10-18(14-32)26(34)21(27)11-17)30-25(23)24(20)29-19-6-4-16(5-7-19)13-31(2)3/h8-12,16,19,32,34H,4-7,13-14H2,1-3H3,(H,28,29)/t16-,19-. The number of aromatic nitrogens is 2. The van der Waals surface area contributed by atoms with Gasteiger partial charge in [0.25, 0.3) is 0 Å². The van der Waals surface area contributed by atoms with Gasteiger partial charge in [0.1, 0.15) is 11.3 Å². The van der Waals surface area contributed by atoms with Crippen molar-refractivity contribution in [2.24, 2.45) is 5.92 Å². The van der Waals surface area contributed by atoms with Crippen molar-refractivity contribution in [3.05, 3.63) is 46.6 Å². The summed E-state index contributed by atoms with van der Waals surface area (Å²) >= 11 is 6.17. The van der Waals surface area contributed by atoms with Crippen LogP contribution in [0.4, 0.5) is 5.69 Å². The lowest BCUT2D eigenvalue weighted by molar-refractivity contribution is 0.101. The van der Waals surface area contributed by atoms with Crippen molar-refractivity contribution < 1.29 is 15.0 Å². The molecule has 1 fully saturated rings. The number of aliphatic hydroxyl groups is 1. The van der Waals surface area contributed by atoms with E-state index in [1.54, 1.807) is 25.3 Å². The number of rotatable bonds is 7. The summed E-state index contributed by atoms with van der Waals surface area (Å²) in [4.78, 5) is 24.0. The minimum atomic E-state index is -0.341. The van der Waals surface area contributed by atoms with Gasteiger partial charge in [-0.1, -0.05) is 11.6 Å². The predicted molar refractivity (Wildman–Crippen MR) is 135 cm³/mol. The number of benzene rings is 1. The maximum absolute atomic E-state index is 12.5. The number of aromatic hydroxyl groups is 1. The molecular formula is C26H31ClN4O3. The number of hydrogen-bond acceptors (Lipinski definition) is 7. The van der Waals surface area contributed by atoms with Gasteiger partial charge in [-0.3, -0.25) is 9.78 Å².